The maximum atomic E-state index is 12.0. The number of ketones is 1. The number of Topliss-reactive ketones (excluding diaryl/α,β-unsaturated/α-hetero) is 1. The zero-order valence-electron chi connectivity index (χ0n) is 11.3. The largest absolute Gasteiger partial charge is 0.496 e. The number of aliphatic carboxylic acids is 1. The highest BCUT2D eigenvalue weighted by Crippen LogP contribution is 2.19. The van der Waals surface area contributed by atoms with Crippen LogP contribution in [0.1, 0.15) is 23.2 Å². The van der Waals surface area contributed by atoms with Gasteiger partial charge in [-0.2, -0.15) is 12.6 Å². The molecule has 2 N–H and O–H groups in total. The number of nitrogens with one attached hydrogen (secondary N) is 1. The molecule has 0 aromatic heterocycles. The van der Waals surface area contributed by atoms with E-state index in [-0.39, 0.29) is 11.5 Å². The van der Waals surface area contributed by atoms with Crippen LogP contribution in [-0.4, -0.2) is 42.3 Å². The van der Waals surface area contributed by atoms with Gasteiger partial charge in [-0.3, -0.25) is 9.59 Å². The van der Waals surface area contributed by atoms with E-state index in [4.69, 9.17) is 9.84 Å². The van der Waals surface area contributed by atoms with Crippen molar-refractivity contribution in [1.29, 1.82) is 0 Å². The summed E-state index contributed by atoms with van der Waals surface area (Å²) in [5, 5.41) is 11.7. The molecule has 20 heavy (non-hydrogen) atoms. The Hall–Kier alpha value is -1.53. The maximum Gasteiger partial charge on any atom is 0.321 e. The summed E-state index contributed by atoms with van der Waals surface area (Å²) < 4.78 is 5.14. The molecule has 0 heterocycles. The first-order valence-electron chi connectivity index (χ1n) is 6.33. The highest BCUT2D eigenvalue weighted by molar-refractivity contribution is 7.80. The molecule has 0 bridgehead atoms. The van der Waals surface area contributed by atoms with E-state index in [2.05, 4.69) is 17.9 Å². The summed E-state index contributed by atoms with van der Waals surface area (Å²) in [5.41, 5.74) is 0.555. The van der Waals surface area contributed by atoms with E-state index < -0.39 is 12.0 Å². The summed E-state index contributed by atoms with van der Waals surface area (Å²) in [7, 11) is 1.53. The molecule has 0 saturated heterocycles. The summed E-state index contributed by atoms with van der Waals surface area (Å²) in [6.45, 7) is 0.457. The van der Waals surface area contributed by atoms with Gasteiger partial charge in [-0.1, -0.05) is 12.1 Å². The fourth-order valence-corrected chi connectivity index (χ4v) is 2.05. The molecular formula is C14H19NO4S. The Morgan fingerprint density at radius 3 is 2.70 bits per heavy atom. The van der Waals surface area contributed by atoms with Gasteiger partial charge in [-0.15, -0.1) is 0 Å². The number of hydrogen-bond acceptors (Lipinski definition) is 5. The first kappa shape index (κ1) is 16.5. The number of hydrogen-bond donors (Lipinski definition) is 3. The Morgan fingerprint density at radius 2 is 2.10 bits per heavy atom. The highest BCUT2D eigenvalue weighted by atomic mass is 32.1. The molecule has 0 radical (unpaired) electrons. The second-order valence-electron chi connectivity index (χ2n) is 4.25. The first-order chi connectivity index (χ1) is 9.60. The maximum absolute atomic E-state index is 12.0. The molecule has 5 nitrogen and oxygen atoms in total. The van der Waals surface area contributed by atoms with Crippen molar-refractivity contribution < 1.29 is 19.4 Å². The Morgan fingerprint density at radius 1 is 1.40 bits per heavy atom. The lowest BCUT2D eigenvalue weighted by Crippen LogP contribution is -2.38. The Balaban J connectivity index is 2.42. The molecule has 0 saturated carbocycles. The molecule has 1 aromatic rings. The van der Waals surface area contributed by atoms with Crippen molar-refractivity contribution >= 4 is 24.4 Å². The molecule has 0 spiro atoms. The number of rotatable bonds is 9. The number of carbonyl (C=O) groups excluding carboxylic acids is 1. The van der Waals surface area contributed by atoms with Crippen LogP contribution >= 0.6 is 12.6 Å². The number of ether oxygens (including phenoxy) is 1. The van der Waals surface area contributed by atoms with Gasteiger partial charge >= 0.3 is 5.97 Å². The Labute approximate surface area is 123 Å². The van der Waals surface area contributed by atoms with Gasteiger partial charge < -0.3 is 15.2 Å². The minimum Gasteiger partial charge on any atom is -0.496 e. The SMILES string of the molecule is COc1ccccc1C(=O)CCCN[C@H](CS)C(=O)O. The fourth-order valence-electron chi connectivity index (χ4n) is 1.76. The van der Waals surface area contributed by atoms with Crippen molar-refractivity contribution in [3.63, 3.8) is 0 Å². The van der Waals surface area contributed by atoms with E-state index in [9.17, 15) is 9.59 Å². The zero-order chi connectivity index (χ0) is 15.0. The van der Waals surface area contributed by atoms with Crippen LogP contribution in [-0.2, 0) is 4.79 Å². The van der Waals surface area contributed by atoms with Crippen LogP contribution in [0.25, 0.3) is 0 Å². The summed E-state index contributed by atoms with van der Waals surface area (Å²) in [6, 6.07) is 6.38. The third kappa shape index (κ3) is 4.86. The summed E-state index contributed by atoms with van der Waals surface area (Å²) in [4.78, 5) is 22.8. The summed E-state index contributed by atoms with van der Waals surface area (Å²) in [6.07, 6.45) is 0.903. The minimum atomic E-state index is -0.934. The van der Waals surface area contributed by atoms with Gasteiger partial charge in [0, 0.05) is 12.2 Å². The molecule has 0 amide bonds. The number of carboxylic acid groups (broad SMARTS) is 1. The lowest BCUT2D eigenvalue weighted by atomic mass is 10.1. The fraction of sp³-hybridized carbons (Fsp3) is 0.429. The van der Waals surface area contributed by atoms with E-state index in [0.29, 0.717) is 30.7 Å². The van der Waals surface area contributed by atoms with Gasteiger partial charge in [-0.25, -0.2) is 0 Å². The first-order valence-corrected chi connectivity index (χ1v) is 6.96. The molecule has 1 aromatic carbocycles. The molecule has 0 aliphatic carbocycles. The summed E-state index contributed by atoms with van der Waals surface area (Å²) in [5.74, 6) is -0.169. The quantitative estimate of drug-likeness (QED) is 0.367. The van der Waals surface area contributed by atoms with E-state index >= 15 is 0 Å². The van der Waals surface area contributed by atoms with Crippen LogP contribution in [0.2, 0.25) is 0 Å². The monoisotopic (exact) mass is 297 g/mol. The second kappa shape index (κ2) is 8.60. The number of carboxylic acids is 1. The van der Waals surface area contributed by atoms with E-state index in [1.807, 2.05) is 0 Å². The number of thiol groups is 1. The van der Waals surface area contributed by atoms with Gasteiger partial charge in [-0.05, 0) is 25.1 Å². The van der Waals surface area contributed by atoms with Crippen LogP contribution in [0.3, 0.4) is 0 Å². The van der Waals surface area contributed by atoms with Crippen LogP contribution in [0.4, 0.5) is 0 Å². The molecule has 110 valence electrons. The van der Waals surface area contributed by atoms with Crippen molar-refractivity contribution in [2.24, 2.45) is 0 Å². The normalized spacial score (nSPS) is 11.9. The standard InChI is InChI=1S/C14H19NO4S/c1-19-13-7-3-2-5-10(13)12(16)6-4-8-15-11(9-20)14(17)18/h2-3,5,7,11,15,20H,4,6,8-9H2,1H3,(H,17,18)/t11-/m1/s1. The molecule has 0 fully saturated rings. The lowest BCUT2D eigenvalue weighted by molar-refractivity contribution is -0.138. The lowest BCUT2D eigenvalue weighted by Gasteiger charge is -2.11. The smallest absolute Gasteiger partial charge is 0.321 e. The predicted octanol–water partition coefficient (Wildman–Crippen LogP) is 1.63. The molecular weight excluding hydrogens is 278 g/mol. The van der Waals surface area contributed by atoms with Crippen molar-refractivity contribution in [1.82, 2.24) is 5.32 Å². The van der Waals surface area contributed by atoms with Crippen LogP contribution in [0, 0.1) is 0 Å². The van der Waals surface area contributed by atoms with Gasteiger partial charge in [0.05, 0.1) is 12.7 Å². The van der Waals surface area contributed by atoms with Crippen molar-refractivity contribution in [2.75, 3.05) is 19.4 Å². The minimum absolute atomic E-state index is 0.0120. The predicted molar refractivity (Wildman–Crippen MR) is 79.8 cm³/mol. The average molecular weight is 297 g/mol. The van der Waals surface area contributed by atoms with Crippen molar-refractivity contribution in [2.45, 2.75) is 18.9 Å². The number of para-hydroxylation sites is 1. The average Bonchev–Trinajstić information content (AvgIpc) is 2.46. The molecule has 1 atom stereocenters. The number of benzene rings is 1. The van der Waals surface area contributed by atoms with Crippen molar-refractivity contribution in [3.05, 3.63) is 29.8 Å². The van der Waals surface area contributed by atoms with E-state index in [0.717, 1.165) is 0 Å². The van der Waals surface area contributed by atoms with Gasteiger partial charge in [0.1, 0.15) is 11.8 Å². The zero-order valence-corrected chi connectivity index (χ0v) is 12.2. The van der Waals surface area contributed by atoms with E-state index in [1.165, 1.54) is 7.11 Å². The summed E-state index contributed by atoms with van der Waals surface area (Å²) >= 11 is 3.95. The van der Waals surface area contributed by atoms with Gasteiger partial charge in [0.25, 0.3) is 0 Å². The number of carbonyl (C=O) groups is 2. The second-order valence-corrected chi connectivity index (χ2v) is 4.62. The number of methoxy groups -OCH3 is 1. The Bertz CT molecular complexity index is 464. The molecule has 0 aliphatic rings. The topological polar surface area (TPSA) is 75.6 Å². The molecule has 0 unspecified atom stereocenters. The highest BCUT2D eigenvalue weighted by Gasteiger charge is 2.15. The molecule has 6 heteroatoms. The molecule has 1 rings (SSSR count). The van der Waals surface area contributed by atoms with Crippen LogP contribution < -0.4 is 10.1 Å². The third-order valence-corrected chi connectivity index (χ3v) is 3.22. The van der Waals surface area contributed by atoms with E-state index in [1.54, 1.807) is 24.3 Å². The van der Waals surface area contributed by atoms with Gasteiger partial charge in [0.2, 0.25) is 0 Å². The van der Waals surface area contributed by atoms with Crippen LogP contribution in [0.5, 0.6) is 5.75 Å². The Kier molecular flexibility index (Phi) is 7.11. The van der Waals surface area contributed by atoms with Gasteiger partial charge in [0.15, 0.2) is 5.78 Å². The third-order valence-electron chi connectivity index (χ3n) is 2.86. The van der Waals surface area contributed by atoms with Crippen molar-refractivity contribution in [3.8, 4) is 5.75 Å². The van der Waals surface area contributed by atoms with Crippen LogP contribution in [0.15, 0.2) is 24.3 Å². The molecule has 0 aliphatic heterocycles.